The van der Waals surface area contributed by atoms with Crippen molar-refractivity contribution in [2.45, 2.75) is 24.3 Å². The normalized spacial score (nSPS) is 11.4. The van der Waals surface area contributed by atoms with Gasteiger partial charge in [-0.05, 0) is 48.2 Å². The number of non-ortho nitro benzene ring substituents is 1. The number of nitrogens with zero attached hydrogens (tertiary/aromatic N) is 2. The lowest BCUT2D eigenvalue weighted by Gasteiger charge is -2.22. The minimum absolute atomic E-state index is 0.0336. The average Bonchev–Trinajstić information content (AvgIpc) is 2.79. The van der Waals surface area contributed by atoms with E-state index in [-0.39, 0.29) is 17.1 Å². The van der Waals surface area contributed by atoms with Crippen molar-refractivity contribution in [2.24, 2.45) is 0 Å². The number of hydrogen-bond acceptors (Lipinski definition) is 5. The Labute approximate surface area is 182 Å². The molecule has 0 bridgehead atoms. The van der Waals surface area contributed by atoms with E-state index in [1.165, 1.54) is 28.6 Å². The Morgan fingerprint density at radius 2 is 1.55 bits per heavy atom. The van der Waals surface area contributed by atoms with Crippen LogP contribution in [0.1, 0.15) is 17.5 Å². The fourth-order valence-electron chi connectivity index (χ4n) is 3.21. The quantitative estimate of drug-likeness (QED) is 0.344. The number of benzene rings is 3. The number of aryl methyl sites for hydroxylation is 1. The first-order valence-corrected chi connectivity index (χ1v) is 11.3. The smallest absolute Gasteiger partial charge is 0.269 e. The van der Waals surface area contributed by atoms with Gasteiger partial charge in [-0.3, -0.25) is 10.1 Å². The van der Waals surface area contributed by atoms with Gasteiger partial charge in [-0.15, -0.1) is 0 Å². The SMILES string of the molecule is COc1ccc(CN(CCCc2ccccc2)S(=O)(=O)c2ccc([N+](=O)[O-])cc2)cc1. The Balaban J connectivity index is 1.82. The van der Waals surface area contributed by atoms with E-state index in [0.29, 0.717) is 18.7 Å². The number of hydrogen-bond donors (Lipinski definition) is 0. The number of methoxy groups -OCH3 is 1. The predicted molar refractivity (Wildman–Crippen MR) is 118 cm³/mol. The van der Waals surface area contributed by atoms with E-state index in [0.717, 1.165) is 17.5 Å². The van der Waals surface area contributed by atoms with Gasteiger partial charge in [-0.1, -0.05) is 42.5 Å². The van der Waals surface area contributed by atoms with Crippen LogP contribution in [0.2, 0.25) is 0 Å². The zero-order valence-electron chi connectivity index (χ0n) is 17.2. The molecule has 0 saturated carbocycles. The van der Waals surface area contributed by atoms with Crippen LogP contribution >= 0.6 is 0 Å². The van der Waals surface area contributed by atoms with Crippen molar-refractivity contribution in [2.75, 3.05) is 13.7 Å². The van der Waals surface area contributed by atoms with Crippen LogP contribution in [0.4, 0.5) is 5.69 Å². The lowest BCUT2D eigenvalue weighted by molar-refractivity contribution is -0.384. The van der Waals surface area contributed by atoms with Crippen molar-refractivity contribution < 1.29 is 18.1 Å². The van der Waals surface area contributed by atoms with Crippen LogP contribution < -0.4 is 4.74 Å². The lowest BCUT2D eigenvalue weighted by Crippen LogP contribution is -2.32. The maximum atomic E-state index is 13.3. The highest BCUT2D eigenvalue weighted by atomic mass is 32.2. The minimum atomic E-state index is -3.83. The molecule has 8 heteroatoms. The molecule has 3 aromatic carbocycles. The number of ether oxygens (including phenoxy) is 1. The van der Waals surface area contributed by atoms with Crippen LogP contribution in [0, 0.1) is 10.1 Å². The molecule has 0 spiro atoms. The maximum absolute atomic E-state index is 13.3. The summed E-state index contributed by atoms with van der Waals surface area (Å²) < 4.78 is 33.2. The fraction of sp³-hybridized carbons (Fsp3) is 0.217. The first-order chi connectivity index (χ1) is 14.9. The Bertz CT molecular complexity index is 1100. The first kappa shape index (κ1) is 22.5. The van der Waals surface area contributed by atoms with E-state index in [9.17, 15) is 18.5 Å². The zero-order chi connectivity index (χ0) is 22.3. The van der Waals surface area contributed by atoms with Gasteiger partial charge >= 0.3 is 0 Å². The Kier molecular flexibility index (Phi) is 7.38. The zero-order valence-corrected chi connectivity index (χ0v) is 18.0. The molecule has 0 unspecified atom stereocenters. The van der Waals surface area contributed by atoms with Crippen LogP contribution in [-0.4, -0.2) is 31.3 Å². The Hall–Kier alpha value is -3.23. The van der Waals surface area contributed by atoms with Crippen molar-refractivity contribution >= 4 is 15.7 Å². The van der Waals surface area contributed by atoms with Gasteiger partial charge < -0.3 is 4.74 Å². The van der Waals surface area contributed by atoms with Crippen molar-refractivity contribution in [3.05, 3.63) is 100 Å². The van der Waals surface area contributed by atoms with Crippen LogP contribution in [0.3, 0.4) is 0 Å². The standard InChI is InChI=1S/C23H24N2O5S/c1-30-22-13-9-20(10-14-22)18-24(17-5-8-19-6-3-2-4-7-19)31(28,29)23-15-11-21(12-16-23)25(26)27/h2-4,6-7,9-16H,5,8,17-18H2,1H3. The van der Waals surface area contributed by atoms with Crippen molar-refractivity contribution in [3.63, 3.8) is 0 Å². The summed E-state index contributed by atoms with van der Waals surface area (Å²) in [5, 5.41) is 10.9. The summed E-state index contributed by atoms with van der Waals surface area (Å²) in [5.74, 6) is 0.692. The molecule has 7 nitrogen and oxygen atoms in total. The molecule has 162 valence electrons. The molecule has 0 heterocycles. The molecule has 0 atom stereocenters. The minimum Gasteiger partial charge on any atom is -0.497 e. The summed E-state index contributed by atoms with van der Waals surface area (Å²) in [7, 11) is -2.26. The van der Waals surface area contributed by atoms with E-state index in [2.05, 4.69) is 0 Å². The molecule has 0 saturated heterocycles. The maximum Gasteiger partial charge on any atom is 0.269 e. The van der Waals surface area contributed by atoms with E-state index in [1.807, 2.05) is 42.5 Å². The summed E-state index contributed by atoms with van der Waals surface area (Å²) >= 11 is 0. The van der Waals surface area contributed by atoms with E-state index in [1.54, 1.807) is 19.2 Å². The summed E-state index contributed by atoms with van der Waals surface area (Å²) in [6.45, 7) is 0.512. The van der Waals surface area contributed by atoms with Gasteiger partial charge in [0.05, 0.1) is 16.9 Å². The number of nitro benzene ring substituents is 1. The average molecular weight is 441 g/mol. The second-order valence-electron chi connectivity index (χ2n) is 7.03. The van der Waals surface area contributed by atoms with Crippen LogP contribution in [0.5, 0.6) is 5.75 Å². The number of nitro groups is 1. The third-order valence-electron chi connectivity index (χ3n) is 4.92. The molecular formula is C23H24N2O5S. The predicted octanol–water partition coefficient (Wildman–Crippen LogP) is 4.43. The first-order valence-electron chi connectivity index (χ1n) is 9.81. The highest BCUT2D eigenvalue weighted by Gasteiger charge is 2.25. The van der Waals surface area contributed by atoms with Crippen molar-refractivity contribution in [3.8, 4) is 5.75 Å². The monoisotopic (exact) mass is 440 g/mol. The van der Waals surface area contributed by atoms with Gasteiger partial charge in [-0.2, -0.15) is 4.31 Å². The molecule has 0 radical (unpaired) electrons. The van der Waals surface area contributed by atoms with E-state index >= 15 is 0 Å². The number of sulfonamides is 1. The highest BCUT2D eigenvalue weighted by molar-refractivity contribution is 7.89. The topological polar surface area (TPSA) is 89.8 Å². The second kappa shape index (κ2) is 10.2. The van der Waals surface area contributed by atoms with E-state index in [4.69, 9.17) is 4.74 Å². The van der Waals surface area contributed by atoms with Crippen LogP contribution in [0.25, 0.3) is 0 Å². The summed E-state index contributed by atoms with van der Waals surface area (Å²) in [6.07, 6.45) is 1.39. The van der Waals surface area contributed by atoms with Gasteiger partial charge in [0.2, 0.25) is 10.0 Å². The summed E-state index contributed by atoms with van der Waals surface area (Å²) in [4.78, 5) is 10.4. The summed E-state index contributed by atoms with van der Waals surface area (Å²) in [5.41, 5.74) is 1.82. The van der Waals surface area contributed by atoms with Crippen LogP contribution in [0.15, 0.2) is 83.8 Å². The Morgan fingerprint density at radius 3 is 2.13 bits per heavy atom. The molecule has 0 aliphatic heterocycles. The molecule has 3 rings (SSSR count). The van der Waals surface area contributed by atoms with E-state index < -0.39 is 14.9 Å². The van der Waals surface area contributed by atoms with Gasteiger partial charge in [0.1, 0.15) is 5.75 Å². The molecule has 31 heavy (non-hydrogen) atoms. The lowest BCUT2D eigenvalue weighted by atomic mass is 10.1. The molecule has 0 fully saturated rings. The largest absolute Gasteiger partial charge is 0.497 e. The van der Waals surface area contributed by atoms with Gasteiger partial charge in [0, 0.05) is 25.2 Å². The third-order valence-corrected chi connectivity index (χ3v) is 6.78. The summed E-state index contributed by atoms with van der Waals surface area (Å²) in [6, 6.07) is 22.1. The molecule has 3 aromatic rings. The van der Waals surface area contributed by atoms with Crippen LogP contribution in [-0.2, 0) is 23.0 Å². The molecule has 0 amide bonds. The van der Waals surface area contributed by atoms with Gasteiger partial charge in [0.25, 0.3) is 5.69 Å². The molecule has 0 aliphatic carbocycles. The third kappa shape index (κ3) is 5.90. The van der Waals surface area contributed by atoms with Gasteiger partial charge in [-0.25, -0.2) is 8.42 Å². The molecular weight excluding hydrogens is 416 g/mol. The van der Waals surface area contributed by atoms with Gasteiger partial charge in [0.15, 0.2) is 0 Å². The molecule has 0 N–H and O–H groups in total. The molecule has 0 aromatic heterocycles. The Morgan fingerprint density at radius 1 is 0.903 bits per heavy atom. The van der Waals surface area contributed by atoms with Crippen molar-refractivity contribution in [1.29, 1.82) is 0 Å². The highest BCUT2D eigenvalue weighted by Crippen LogP contribution is 2.23. The fourth-order valence-corrected chi connectivity index (χ4v) is 4.68. The second-order valence-corrected chi connectivity index (χ2v) is 8.96. The molecule has 0 aliphatic rings. The van der Waals surface area contributed by atoms with Crippen molar-refractivity contribution in [1.82, 2.24) is 4.31 Å². The number of rotatable bonds is 10.